The third-order valence-electron chi connectivity index (χ3n) is 4.94. The summed E-state index contributed by atoms with van der Waals surface area (Å²) in [6, 6.07) is -1.82. The fraction of sp³-hybridized carbons (Fsp3) is 0.842. The largest absolute Gasteiger partial charge is 0.391 e. The lowest BCUT2D eigenvalue weighted by Gasteiger charge is -2.32. The summed E-state index contributed by atoms with van der Waals surface area (Å²) < 4.78 is 0. The van der Waals surface area contributed by atoms with Gasteiger partial charge in [0.05, 0.1) is 18.1 Å². The Labute approximate surface area is 162 Å². The summed E-state index contributed by atoms with van der Waals surface area (Å²) in [5, 5.41) is 18.5. The third kappa shape index (κ3) is 7.94. The smallest absolute Gasteiger partial charge is 0.245 e. The number of Topliss-reactive ketones (excluding diaryl/α,β-unsaturated/α-hetero) is 1. The van der Waals surface area contributed by atoms with E-state index >= 15 is 0 Å². The number of rotatable bonds is 10. The second kappa shape index (κ2) is 11.4. The summed E-state index contributed by atoms with van der Waals surface area (Å²) in [6.07, 6.45) is 1.03. The average Bonchev–Trinajstić information content (AvgIpc) is 2.58. The van der Waals surface area contributed by atoms with Crippen LogP contribution in [0.15, 0.2) is 0 Å². The molecule has 8 heteroatoms. The summed E-state index contributed by atoms with van der Waals surface area (Å²) in [6.45, 7) is 8.82. The Bertz CT molecular complexity index is 510. The van der Waals surface area contributed by atoms with Gasteiger partial charge in [0.2, 0.25) is 11.8 Å². The van der Waals surface area contributed by atoms with Crippen LogP contribution in [0.25, 0.3) is 0 Å². The number of nitrogens with two attached hydrogens (primary N) is 1. The molecule has 8 nitrogen and oxygen atoms in total. The van der Waals surface area contributed by atoms with Gasteiger partial charge in [-0.3, -0.25) is 14.4 Å². The maximum absolute atomic E-state index is 12.7. The van der Waals surface area contributed by atoms with Gasteiger partial charge >= 0.3 is 0 Å². The number of hydrogen-bond donors (Lipinski definition) is 5. The average molecular weight is 385 g/mol. The van der Waals surface area contributed by atoms with E-state index in [1.807, 2.05) is 0 Å². The van der Waals surface area contributed by atoms with E-state index in [1.54, 1.807) is 0 Å². The predicted octanol–water partition coefficient (Wildman–Crippen LogP) is -0.454. The first-order chi connectivity index (χ1) is 12.6. The van der Waals surface area contributed by atoms with E-state index < -0.39 is 24.1 Å². The van der Waals surface area contributed by atoms with E-state index in [0.717, 1.165) is 19.4 Å². The summed E-state index contributed by atoms with van der Waals surface area (Å²) in [4.78, 5) is 36.8. The second-order valence-electron chi connectivity index (χ2n) is 8.06. The molecule has 5 atom stereocenters. The number of piperidine rings is 1. The molecule has 0 unspecified atom stereocenters. The Hall–Kier alpha value is -1.51. The SMILES string of the molecule is CC(=O)[C@H](CCN)NC(=O)[C@@H](NC(=O)[C@@H]1CNC[C@H](CC(C)C)C1)[C@H](C)O. The third-order valence-corrected chi connectivity index (χ3v) is 4.94. The minimum Gasteiger partial charge on any atom is -0.391 e. The first-order valence-corrected chi connectivity index (χ1v) is 9.85. The molecule has 6 N–H and O–H groups in total. The monoisotopic (exact) mass is 384 g/mol. The molecular formula is C19H36N4O4. The van der Waals surface area contributed by atoms with Gasteiger partial charge in [-0.05, 0) is 58.0 Å². The Morgan fingerprint density at radius 1 is 1.19 bits per heavy atom. The van der Waals surface area contributed by atoms with Crippen molar-refractivity contribution in [2.45, 2.75) is 65.1 Å². The summed E-state index contributed by atoms with van der Waals surface area (Å²) in [5.74, 6) is -0.313. The molecule has 156 valence electrons. The lowest BCUT2D eigenvalue weighted by molar-refractivity contribution is -0.135. The van der Waals surface area contributed by atoms with Crippen molar-refractivity contribution in [2.24, 2.45) is 23.5 Å². The van der Waals surface area contributed by atoms with Crippen LogP contribution in [0.3, 0.4) is 0 Å². The van der Waals surface area contributed by atoms with Crippen molar-refractivity contribution in [1.82, 2.24) is 16.0 Å². The molecule has 27 heavy (non-hydrogen) atoms. The molecule has 0 saturated carbocycles. The number of amides is 2. The van der Waals surface area contributed by atoms with Gasteiger partial charge in [-0.2, -0.15) is 0 Å². The van der Waals surface area contributed by atoms with Crippen molar-refractivity contribution < 1.29 is 19.5 Å². The number of aliphatic hydroxyl groups is 1. The van der Waals surface area contributed by atoms with Gasteiger partial charge in [0.1, 0.15) is 6.04 Å². The maximum atomic E-state index is 12.7. The highest BCUT2D eigenvalue weighted by Gasteiger charge is 2.33. The number of nitrogens with one attached hydrogen (secondary N) is 3. The Morgan fingerprint density at radius 2 is 1.85 bits per heavy atom. The normalized spacial score (nSPS) is 23.4. The van der Waals surface area contributed by atoms with Crippen LogP contribution in [0.2, 0.25) is 0 Å². The molecule has 1 fully saturated rings. The van der Waals surface area contributed by atoms with Crippen molar-refractivity contribution in [3.05, 3.63) is 0 Å². The first kappa shape index (κ1) is 23.5. The zero-order chi connectivity index (χ0) is 20.6. The second-order valence-corrected chi connectivity index (χ2v) is 8.06. The van der Waals surface area contributed by atoms with E-state index in [1.165, 1.54) is 13.8 Å². The molecular weight excluding hydrogens is 348 g/mol. The Balaban J connectivity index is 2.70. The predicted molar refractivity (Wildman–Crippen MR) is 104 cm³/mol. The molecule has 1 saturated heterocycles. The van der Waals surface area contributed by atoms with Crippen molar-refractivity contribution >= 4 is 17.6 Å². The van der Waals surface area contributed by atoms with Crippen LogP contribution in [-0.2, 0) is 14.4 Å². The van der Waals surface area contributed by atoms with Crippen LogP contribution in [0, 0.1) is 17.8 Å². The van der Waals surface area contributed by atoms with Crippen LogP contribution < -0.4 is 21.7 Å². The minimum atomic E-state index is -1.11. The van der Waals surface area contributed by atoms with Gasteiger partial charge in [-0.1, -0.05) is 13.8 Å². The fourth-order valence-electron chi connectivity index (χ4n) is 3.56. The fourth-order valence-corrected chi connectivity index (χ4v) is 3.56. The minimum absolute atomic E-state index is 0.211. The topological polar surface area (TPSA) is 134 Å². The molecule has 2 amide bonds. The molecule has 0 aliphatic carbocycles. The molecule has 1 aliphatic heterocycles. The Morgan fingerprint density at radius 3 is 2.37 bits per heavy atom. The van der Waals surface area contributed by atoms with E-state index in [0.29, 0.717) is 24.8 Å². The molecule has 0 aromatic heterocycles. The van der Waals surface area contributed by atoms with Gasteiger partial charge in [-0.25, -0.2) is 0 Å². The van der Waals surface area contributed by atoms with Gasteiger partial charge in [0.15, 0.2) is 5.78 Å². The number of aliphatic hydroxyl groups excluding tert-OH is 1. The van der Waals surface area contributed by atoms with Gasteiger partial charge in [0, 0.05) is 6.54 Å². The summed E-state index contributed by atoms with van der Waals surface area (Å²) in [5.41, 5.74) is 5.47. The molecule has 0 bridgehead atoms. The van der Waals surface area contributed by atoms with Crippen molar-refractivity contribution in [2.75, 3.05) is 19.6 Å². The maximum Gasteiger partial charge on any atom is 0.245 e. The highest BCUT2D eigenvalue weighted by Crippen LogP contribution is 2.23. The number of carbonyl (C=O) groups excluding carboxylic acids is 3. The zero-order valence-corrected chi connectivity index (χ0v) is 17.0. The van der Waals surface area contributed by atoms with Crippen molar-refractivity contribution in [3.8, 4) is 0 Å². The van der Waals surface area contributed by atoms with E-state index in [-0.39, 0.29) is 24.2 Å². The van der Waals surface area contributed by atoms with Crippen LogP contribution in [0.4, 0.5) is 0 Å². The lowest BCUT2D eigenvalue weighted by atomic mass is 9.84. The van der Waals surface area contributed by atoms with Gasteiger partial charge in [-0.15, -0.1) is 0 Å². The number of ketones is 1. The molecule has 0 spiro atoms. The van der Waals surface area contributed by atoms with E-state index in [2.05, 4.69) is 29.8 Å². The Kier molecular flexibility index (Phi) is 9.90. The van der Waals surface area contributed by atoms with E-state index in [9.17, 15) is 19.5 Å². The molecule has 1 aliphatic rings. The molecule has 0 aromatic rings. The highest BCUT2D eigenvalue weighted by atomic mass is 16.3. The number of carbonyl (C=O) groups is 3. The van der Waals surface area contributed by atoms with Gasteiger partial charge in [0.25, 0.3) is 0 Å². The number of hydrogen-bond acceptors (Lipinski definition) is 6. The molecule has 1 heterocycles. The first-order valence-electron chi connectivity index (χ1n) is 9.85. The highest BCUT2D eigenvalue weighted by molar-refractivity contribution is 5.92. The molecule has 0 aromatic carbocycles. The van der Waals surface area contributed by atoms with Crippen LogP contribution in [-0.4, -0.2) is 60.5 Å². The van der Waals surface area contributed by atoms with Crippen LogP contribution >= 0.6 is 0 Å². The van der Waals surface area contributed by atoms with Gasteiger partial charge < -0.3 is 26.8 Å². The summed E-state index contributed by atoms with van der Waals surface area (Å²) >= 11 is 0. The van der Waals surface area contributed by atoms with Crippen LogP contribution in [0.5, 0.6) is 0 Å². The molecule has 1 rings (SSSR count). The zero-order valence-electron chi connectivity index (χ0n) is 17.0. The van der Waals surface area contributed by atoms with Crippen LogP contribution in [0.1, 0.15) is 47.0 Å². The quantitative estimate of drug-likeness (QED) is 0.346. The summed E-state index contributed by atoms with van der Waals surface area (Å²) in [7, 11) is 0. The van der Waals surface area contributed by atoms with Crippen molar-refractivity contribution in [1.29, 1.82) is 0 Å². The van der Waals surface area contributed by atoms with Crippen molar-refractivity contribution in [3.63, 3.8) is 0 Å². The molecule has 0 radical (unpaired) electrons. The standard InChI is InChI=1S/C19H36N4O4/c1-11(2)7-14-8-15(10-21-9-14)18(26)23-17(13(4)25)19(27)22-16(5-6-20)12(3)24/h11,13-17,21,25H,5-10,20H2,1-4H3,(H,22,27)(H,23,26)/t13-,14+,15-,16-,17-/m0/s1. The lowest BCUT2D eigenvalue weighted by Crippen LogP contribution is -2.57. The van der Waals surface area contributed by atoms with E-state index in [4.69, 9.17) is 5.73 Å².